The number of ether oxygens (including phenoxy) is 1. The number of rotatable bonds is 13. The number of carboxylic acids is 1. The minimum absolute atomic E-state index is 0.204. The first-order valence-corrected chi connectivity index (χ1v) is 10.5. The Morgan fingerprint density at radius 2 is 1.86 bits per heavy atom. The van der Waals surface area contributed by atoms with E-state index < -0.39 is 5.97 Å². The van der Waals surface area contributed by atoms with E-state index in [0.717, 1.165) is 12.0 Å². The highest BCUT2D eigenvalue weighted by Gasteiger charge is 2.04. The summed E-state index contributed by atoms with van der Waals surface area (Å²) in [5, 5.41) is 13.7. The summed E-state index contributed by atoms with van der Waals surface area (Å²) in [7, 11) is 0. The molecule has 0 amide bonds. The first-order valence-electron chi connectivity index (χ1n) is 10.1. The van der Waals surface area contributed by atoms with E-state index in [1.165, 1.54) is 50.7 Å². The van der Waals surface area contributed by atoms with Crippen LogP contribution in [0.1, 0.15) is 67.8 Å². The Labute approximate surface area is 177 Å². The predicted molar refractivity (Wildman–Crippen MR) is 120 cm³/mol. The summed E-state index contributed by atoms with van der Waals surface area (Å²) in [5.74, 6) is -0.298. The number of unbranched alkanes of at least 4 members (excludes halogenated alkanes) is 6. The van der Waals surface area contributed by atoms with Gasteiger partial charge in [-0.2, -0.15) is 5.10 Å². The lowest BCUT2D eigenvalue weighted by Gasteiger charge is -2.08. The van der Waals surface area contributed by atoms with Crippen LogP contribution in [0.15, 0.2) is 47.6 Å². The second-order valence-electron chi connectivity index (χ2n) is 6.92. The molecular formula is C23H29ClN2O3. The molecule has 0 saturated carbocycles. The molecule has 0 aromatic heterocycles. The van der Waals surface area contributed by atoms with Crippen LogP contribution in [0.5, 0.6) is 5.75 Å². The zero-order valence-electron chi connectivity index (χ0n) is 16.9. The summed E-state index contributed by atoms with van der Waals surface area (Å²) in [4.78, 5) is 11.0. The van der Waals surface area contributed by atoms with Crippen molar-refractivity contribution in [1.29, 1.82) is 0 Å². The first kappa shape index (κ1) is 22.8. The monoisotopic (exact) mass is 416 g/mol. The number of carboxylic acid groups (broad SMARTS) is 1. The second kappa shape index (κ2) is 12.8. The maximum absolute atomic E-state index is 11.0. The molecule has 0 aliphatic heterocycles. The SMILES string of the molecule is CCCCCCCCCOc1ccc(/C=N/Nc2cccc(C(=O)O)c2)cc1Cl. The van der Waals surface area contributed by atoms with Gasteiger partial charge in [0.1, 0.15) is 5.75 Å². The fourth-order valence-electron chi connectivity index (χ4n) is 2.86. The fraction of sp³-hybridized carbons (Fsp3) is 0.391. The van der Waals surface area contributed by atoms with Gasteiger partial charge in [0, 0.05) is 0 Å². The van der Waals surface area contributed by atoms with Crippen LogP contribution in [0.2, 0.25) is 5.02 Å². The largest absolute Gasteiger partial charge is 0.492 e. The number of nitrogens with one attached hydrogen (secondary N) is 1. The van der Waals surface area contributed by atoms with E-state index in [0.29, 0.717) is 23.1 Å². The molecule has 0 saturated heterocycles. The van der Waals surface area contributed by atoms with E-state index in [-0.39, 0.29) is 5.56 Å². The van der Waals surface area contributed by atoms with Crippen LogP contribution < -0.4 is 10.2 Å². The van der Waals surface area contributed by atoms with E-state index in [9.17, 15) is 4.79 Å². The maximum Gasteiger partial charge on any atom is 0.335 e. The first-order chi connectivity index (χ1) is 14.1. The fourth-order valence-corrected chi connectivity index (χ4v) is 3.10. The van der Waals surface area contributed by atoms with Gasteiger partial charge in [0.2, 0.25) is 0 Å². The van der Waals surface area contributed by atoms with Crippen LogP contribution in [0.4, 0.5) is 5.69 Å². The van der Waals surface area contributed by atoms with Gasteiger partial charge in [-0.1, -0.05) is 63.1 Å². The maximum atomic E-state index is 11.0. The molecule has 0 radical (unpaired) electrons. The number of hydrogen-bond acceptors (Lipinski definition) is 4. The Bertz CT molecular complexity index is 808. The molecule has 0 atom stereocenters. The van der Waals surface area contributed by atoms with E-state index in [1.807, 2.05) is 12.1 Å². The van der Waals surface area contributed by atoms with Gasteiger partial charge in [-0.15, -0.1) is 0 Å². The molecule has 6 heteroatoms. The normalized spacial score (nSPS) is 11.0. The number of benzene rings is 2. The molecule has 0 unspecified atom stereocenters. The van der Waals surface area contributed by atoms with E-state index in [2.05, 4.69) is 17.5 Å². The topological polar surface area (TPSA) is 70.9 Å². The molecule has 0 aliphatic carbocycles. The molecule has 29 heavy (non-hydrogen) atoms. The minimum Gasteiger partial charge on any atom is -0.492 e. The zero-order chi connectivity index (χ0) is 20.9. The molecule has 2 aromatic carbocycles. The summed E-state index contributed by atoms with van der Waals surface area (Å²) in [6, 6.07) is 12.0. The van der Waals surface area contributed by atoms with Gasteiger partial charge >= 0.3 is 5.97 Å². The number of hydrogen-bond donors (Lipinski definition) is 2. The van der Waals surface area contributed by atoms with Gasteiger partial charge in [-0.05, 0) is 48.4 Å². The van der Waals surface area contributed by atoms with Gasteiger partial charge < -0.3 is 9.84 Å². The van der Waals surface area contributed by atoms with Crippen molar-refractivity contribution in [2.45, 2.75) is 51.9 Å². The quantitative estimate of drug-likeness (QED) is 0.219. The molecular weight excluding hydrogens is 388 g/mol. The van der Waals surface area contributed by atoms with Crippen molar-refractivity contribution >= 4 is 29.5 Å². The van der Waals surface area contributed by atoms with E-state index >= 15 is 0 Å². The van der Waals surface area contributed by atoms with Crippen molar-refractivity contribution in [2.24, 2.45) is 5.10 Å². The van der Waals surface area contributed by atoms with Crippen LogP contribution in [-0.4, -0.2) is 23.9 Å². The summed E-state index contributed by atoms with van der Waals surface area (Å²) in [6.45, 7) is 2.90. The van der Waals surface area contributed by atoms with Crippen molar-refractivity contribution in [3.63, 3.8) is 0 Å². The Morgan fingerprint density at radius 1 is 1.10 bits per heavy atom. The molecule has 0 spiro atoms. The van der Waals surface area contributed by atoms with Crippen LogP contribution in [0.3, 0.4) is 0 Å². The molecule has 0 bridgehead atoms. The van der Waals surface area contributed by atoms with E-state index in [1.54, 1.807) is 24.4 Å². The van der Waals surface area contributed by atoms with Gasteiger partial charge in [0.05, 0.1) is 29.1 Å². The van der Waals surface area contributed by atoms with Crippen molar-refractivity contribution in [1.82, 2.24) is 0 Å². The summed E-state index contributed by atoms with van der Waals surface area (Å²) in [5.41, 5.74) is 4.44. The Morgan fingerprint density at radius 3 is 2.59 bits per heavy atom. The van der Waals surface area contributed by atoms with Crippen LogP contribution >= 0.6 is 11.6 Å². The van der Waals surface area contributed by atoms with Gasteiger partial charge in [0.15, 0.2) is 0 Å². The molecule has 0 heterocycles. The second-order valence-corrected chi connectivity index (χ2v) is 7.32. The van der Waals surface area contributed by atoms with Crippen LogP contribution in [0, 0.1) is 0 Å². The molecule has 156 valence electrons. The molecule has 2 rings (SSSR count). The van der Waals surface area contributed by atoms with Crippen molar-refractivity contribution in [2.75, 3.05) is 12.0 Å². The van der Waals surface area contributed by atoms with E-state index in [4.69, 9.17) is 21.4 Å². The Hall–Kier alpha value is -2.53. The van der Waals surface area contributed by atoms with Crippen LogP contribution in [-0.2, 0) is 0 Å². The minimum atomic E-state index is -0.975. The number of hydrazone groups is 1. The van der Waals surface area contributed by atoms with Gasteiger partial charge in [0.25, 0.3) is 0 Å². The molecule has 0 fully saturated rings. The highest BCUT2D eigenvalue weighted by atomic mass is 35.5. The van der Waals surface area contributed by atoms with Crippen molar-refractivity contribution in [3.8, 4) is 5.75 Å². The summed E-state index contributed by atoms with van der Waals surface area (Å²) in [6.07, 6.45) is 10.3. The molecule has 2 aromatic rings. The highest BCUT2D eigenvalue weighted by Crippen LogP contribution is 2.25. The van der Waals surface area contributed by atoms with Crippen LogP contribution in [0.25, 0.3) is 0 Å². The molecule has 5 nitrogen and oxygen atoms in total. The smallest absolute Gasteiger partial charge is 0.335 e. The average molecular weight is 417 g/mol. The molecule has 0 aliphatic rings. The number of aromatic carboxylic acids is 1. The van der Waals surface area contributed by atoms with Crippen molar-refractivity contribution < 1.29 is 14.6 Å². The number of carbonyl (C=O) groups is 1. The lowest BCUT2D eigenvalue weighted by molar-refractivity contribution is 0.0697. The van der Waals surface area contributed by atoms with Crippen molar-refractivity contribution in [3.05, 3.63) is 58.6 Å². The highest BCUT2D eigenvalue weighted by molar-refractivity contribution is 6.32. The summed E-state index contributed by atoms with van der Waals surface area (Å²) >= 11 is 6.31. The third kappa shape index (κ3) is 8.57. The third-order valence-electron chi connectivity index (χ3n) is 4.48. The van der Waals surface area contributed by atoms with Gasteiger partial charge in [-0.3, -0.25) is 5.43 Å². The number of nitrogens with zero attached hydrogens (tertiary/aromatic N) is 1. The zero-order valence-corrected chi connectivity index (χ0v) is 17.6. The lowest BCUT2D eigenvalue weighted by Crippen LogP contribution is -1.99. The van der Waals surface area contributed by atoms with Gasteiger partial charge in [-0.25, -0.2) is 4.79 Å². The third-order valence-corrected chi connectivity index (χ3v) is 4.77. The number of anilines is 1. The Kier molecular flexibility index (Phi) is 10.1. The predicted octanol–water partition coefficient (Wildman–Crippen LogP) is 6.61. The molecule has 2 N–H and O–H groups in total. The average Bonchev–Trinajstić information content (AvgIpc) is 2.71. The lowest BCUT2D eigenvalue weighted by atomic mass is 10.1. The summed E-state index contributed by atoms with van der Waals surface area (Å²) < 4.78 is 5.78. The standard InChI is InChI=1S/C23H29ClN2O3/c1-2-3-4-5-6-7-8-14-29-22-13-12-18(15-21(22)24)17-25-26-20-11-9-10-19(16-20)23(27)28/h9-13,15-17,26H,2-8,14H2,1H3,(H,27,28)/b25-17+. The number of halogens is 1. The Balaban J connectivity index is 1.76.